The third kappa shape index (κ3) is 4.67. The molecular weight excluding hydrogens is 364 g/mol. The quantitative estimate of drug-likeness (QED) is 0.466. The highest BCUT2D eigenvalue weighted by molar-refractivity contribution is 5.97. The van der Waals surface area contributed by atoms with Crippen LogP contribution in [0.1, 0.15) is 42.0 Å². The van der Waals surface area contributed by atoms with E-state index in [1.54, 1.807) is 12.1 Å². The molecule has 4 bridgehead atoms. The number of fused-ring (bicyclic) bond motifs is 4. The van der Waals surface area contributed by atoms with E-state index in [0.29, 0.717) is 0 Å². The van der Waals surface area contributed by atoms with Crippen LogP contribution in [0.5, 0.6) is 0 Å². The number of carbonyl (C=O) groups is 4. The molecule has 144 valence electrons. The van der Waals surface area contributed by atoms with Gasteiger partial charge in [-0.05, 0) is 24.3 Å². The molecule has 0 spiro atoms. The molecule has 3 heterocycles. The molecule has 0 aromatic carbocycles. The first-order chi connectivity index (χ1) is 13.5. The molecule has 0 fully saturated rings. The number of nitrogens with one attached hydrogen (secondary N) is 4. The van der Waals surface area contributed by atoms with Gasteiger partial charge < -0.3 is 21.3 Å². The van der Waals surface area contributed by atoms with E-state index < -0.39 is 23.6 Å². The summed E-state index contributed by atoms with van der Waals surface area (Å²) < 4.78 is 0. The zero-order valence-electron chi connectivity index (χ0n) is 14.8. The van der Waals surface area contributed by atoms with Crippen LogP contribution in [-0.4, -0.2) is 59.8 Å². The molecule has 1 aliphatic heterocycles. The van der Waals surface area contributed by atoms with Gasteiger partial charge in [-0.2, -0.15) is 0 Å². The molecule has 0 unspecified atom stereocenters. The summed E-state index contributed by atoms with van der Waals surface area (Å²) in [6.07, 6.45) is 0. The fourth-order valence-electron chi connectivity index (χ4n) is 2.44. The minimum atomic E-state index is -0.461. The molecule has 28 heavy (non-hydrogen) atoms. The number of carbonyl (C=O) groups excluding carboxylic acids is 4. The Morgan fingerprint density at radius 2 is 0.750 bits per heavy atom. The maximum absolute atomic E-state index is 12.2. The molecular formula is C18H18N6O4. The van der Waals surface area contributed by atoms with Gasteiger partial charge in [0.1, 0.15) is 22.8 Å². The Morgan fingerprint density at radius 1 is 0.500 bits per heavy atom. The van der Waals surface area contributed by atoms with Crippen molar-refractivity contribution in [1.29, 1.82) is 0 Å². The summed E-state index contributed by atoms with van der Waals surface area (Å²) >= 11 is 0. The maximum atomic E-state index is 12.2. The Labute approximate surface area is 160 Å². The molecule has 0 atom stereocenters. The Bertz CT molecular complexity index is 788. The molecule has 2 aromatic rings. The molecule has 2 aromatic heterocycles. The fourth-order valence-corrected chi connectivity index (χ4v) is 2.44. The van der Waals surface area contributed by atoms with Crippen LogP contribution in [0.15, 0.2) is 36.4 Å². The van der Waals surface area contributed by atoms with Gasteiger partial charge in [0.15, 0.2) is 0 Å². The second-order valence-electron chi connectivity index (χ2n) is 5.84. The van der Waals surface area contributed by atoms with Gasteiger partial charge in [0.25, 0.3) is 23.6 Å². The molecule has 0 saturated carbocycles. The van der Waals surface area contributed by atoms with Crippen LogP contribution in [0.3, 0.4) is 0 Å². The van der Waals surface area contributed by atoms with Gasteiger partial charge in [-0.25, -0.2) is 9.97 Å². The third-order valence-electron chi connectivity index (χ3n) is 3.82. The van der Waals surface area contributed by atoms with E-state index in [1.807, 2.05) is 0 Å². The number of rotatable bonds is 0. The molecule has 0 saturated heterocycles. The minimum Gasteiger partial charge on any atom is -0.349 e. The van der Waals surface area contributed by atoms with E-state index in [9.17, 15) is 19.2 Å². The fraction of sp³-hybridized carbons (Fsp3) is 0.222. The number of nitrogens with zero attached hydrogens (tertiary/aromatic N) is 2. The summed E-state index contributed by atoms with van der Waals surface area (Å²) in [5, 5.41) is 10.4. The predicted molar refractivity (Wildman–Crippen MR) is 97.8 cm³/mol. The van der Waals surface area contributed by atoms with Crippen LogP contribution < -0.4 is 21.3 Å². The first-order valence-electron chi connectivity index (χ1n) is 8.61. The normalized spacial score (nSPS) is 16.0. The van der Waals surface area contributed by atoms with Gasteiger partial charge in [0, 0.05) is 26.2 Å². The molecule has 4 amide bonds. The van der Waals surface area contributed by atoms with Crippen LogP contribution in [0, 0.1) is 0 Å². The molecule has 3 rings (SSSR count). The second kappa shape index (κ2) is 8.71. The van der Waals surface area contributed by atoms with Crippen molar-refractivity contribution in [2.75, 3.05) is 26.2 Å². The monoisotopic (exact) mass is 382 g/mol. The van der Waals surface area contributed by atoms with Gasteiger partial charge in [-0.3, -0.25) is 19.2 Å². The SMILES string of the molecule is O=C1NCCNC(=O)c2cccc(n2)C(=O)NCCNC(=O)c2cccc1n2. The summed E-state index contributed by atoms with van der Waals surface area (Å²) in [6.45, 7) is 0.622. The van der Waals surface area contributed by atoms with E-state index >= 15 is 0 Å². The first-order valence-corrected chi connectivity index (χ1v) is 8.61. The van der Waals surface area contributed by atoms with Crippen LogP contribution in [0.4, 0.5) is 0 Å². The van der Waals surface area contributed by atoms with Crippen molar-refractivity contribution in [3.63, 3.8) is 0 Å². The molecule has 10 heteroatoms. The topological polar surface area (TPSA) is 142 Å². The Hall–Kier alpha value is -3.82. The Kier molecular flexibility index (Phi) is 5.90. The van der Waals surface area contributed by atoms with E-state index in [2.05, 4.69) is 31.2 Å². The average Bonchev–Trinajstić information content (AvgIpc) is 2.73. The van der Waals surface area contributed by atoms with Gasteiger partial charge in [0.05, 0.1) is 0 Å². The molecule has 4 N–H and O–H groups in total. The van der Waals surface area contributed by atoms with E-state index in [4.69, 9.17) is 0 Å². The average molecular weight is 382 g/mol. The number of hydrogen-bond acceptors (Lipinski definition) is 6. The van der Waals surface area contributed by atoms with Crippen LogP contribution in [0.25, 0.3) is 0 Å². The lowest BCUT2D eigenvalue weighted by atomic mass is 10.2. The molecule has 0 aliphatic carbocycles. The summed E-state index contributed by atoms with van der Waals surface area (Å²) in [6, 6.07) is 9.04. The van der Waals surface area contributed by atoms with Crippen molar-refractivity contribution in [1.82, 2.24) is 31.2 Å². The Balaban J connectivity index is 1.78. The molecule has 0 radical (unpaired) electrons. The van der Waals surface area contributed by atoms with Gasteiger partial charge in [-0.1, -0.05) is 12.1 Å². The minimum absolute atomic E-state index is 0.0859. The highest BCUT2D eigenvalue weighted by Gasteiger charge is 2.15. The second-order valence-corrected chi connectivity index (χ2v) is 5.84. The Morgan fingerprint density at radius 3 is 1.00 bits per heavy atom. The lowest BCUT2D eigenvalue weighted by molar-refractivity contribution is 0.0910. The van der Waals surface area contributed by atoms with Crippen molar-refractivity contribution in [3.8, 4) is 0 Å². The lowest BCUT2D eigenvalue weighted by Crippen LogP contribution is -2.37. The molecule has 10 nitrogen and oxygen atoms in total. The highest BCUT2D eigenvalue weighted by atomic mass is 16.2. The van der Waals surface area contributed by atoms with Crippen molar-refractivity contribution < 1.29 is 19.2 Å². The summed E-state index contributed by atoms with van der Waals surface area (Å²) in [7, 11) is 0. The summed E-state index contributed by atoms with van der Waals surface area (Å²) in [5.74, 6) is -1.84. The van der Waals surface area contributed by atoms with Crippen molar-refractivity contribution in [3.05, 3.63) is 59.2 Å². The van der Waals surface area contributed by atoms with Crippen LogP contribution in [-0.2, 0) is 0 Å². The highest BCUT2D eigenvalue weighted by Crippen LogP contribution is 2.01. The van der Waals surface area contributed by atoms with Crippen molar-refractivity contribution in [2.24, 2.45) is 0 Å². The van der Waals surface area contributed by atoms with E-state index in [1.165, 1.54) is 24.3 Å². The third-order valence-corrected chi connectivity index (χ3v) is 3.82. The number of amides is 4. The van der Waals surface area contributed by atoms with Gasteiger partial charge in [0.2, 0.25) is 0 Å². The van der Waals surface area contributed by atoms with Crippen molar-refractivity contribution in [2.45, 2.75) is 0 Å². The zero-order valence-corrected chi connectivity index (χ0v) is 14.8. The van der Waals surface area contributed by atoms with Gasteiger partial charge in [-0.15, -0.1) is 0 Å². The number of pyridine rings is 2. The zero-order chi connectivity index (χ0) is 19.9. The summed E-state index contributed by atoms with van der Waals surface area (Å²) in [4.78, 5) is 56.7. The predicted octanol–water partition coefficient (Wildman–Crippen LogP) is -0.890. The van der Waals surface area contributed by atoms with Crippen molar-refractivity contribution >= 4 is 23.6 Å². The van der Waals surface area contributed by atoms with E-state index in [-0.39, 0.29) is 49.0 Å². The van der Waals surface area contributed by atoms with Crippen LogP contribution >= 0.6 is 0 Å². The molecule has 1 aliphatic rings. The maximum Gasteiger partial charge on any atom is 0.269 e. The number of aromatic nitrogens is 2. The van der Waals surface area contributed by atoms with Gasteiger partial charge >= 0.3 is 0 Å². The standard InChI is InChI=1S/C18H18N6O4/c25-15-11-3-1-4-12(23-11)16(26)20-8-10-22-18(28)14-6-2-5-13(24-14)17(27)21-9-7-19-15/h1-6H,7-10H2,(H,19,25)(H,20,26)(H,21,27)(H,22,28). The van der Waals surface area contributed by atoms with E-state index in [0.717, 1.165) is 0 Å². The van der Waals surface area contributed by atoms with Crippen LogP contribution in [0.2, 0.25) is 0 Å². The largest absolute Gasteiger partial charge is 0.349 e. The first kappa shape index (κ1) is 19.0. The smallest absolute Gasteiger partial charge is 0.269 e. The number of hydrogen-bond donors (Lipinski definition) is 4. The lowest BCUT2D eigenvalue weighted by Gasteiger charge is -2.10. The summed E-state index contributed by atoms with van der Waals surface area (Å²) in [5.41, 5.74) is 0.344.